The van der Waals surface area contributed by atoms with Crippen LogP contribution in [0.25, 0.3) is 0 Å². The number of nitrogens with two attached hydrogens (primary N) is 1. The fourth-order valence-electron chi connectivity index (χ4n) is 1.69. The van der Waals surface area contributed by atoms with E-state index in [1.165, 1.54) is 0 Å². The first-order chi connectivity index (χ1) is 9.95. The zero-order valence-electron chi connectivity index (χ0n) is 10.8. The molecule has 0 radical (unpaired) electrons. The van der Waals surface area contributed by atoms with E-state index in [0.29, 0.717) is 21.3 Å². The zero-order chi connectivity index (χ0) is 15.4. The first-order valence-corrected chi connectivity index (χ1v) is 8.43. The second kappa shape index (κ2) is 7.06. The Kier molecular flexibility index (Phi) is 5.39. The number of halogens is 2. The van der Waals surface area contributed by atoms with Crippen molar-refractivity contribution < 1.29 is 9.00 Å². The van der Waals surface area contributed by atoms with Crippen LogP contribution in [0.5, 0.6) is 0 Å². The van der Waals surface area contributed by atoms with Gasteiger partial charge in [0.25, 0.3) is 0 Å². The largest absolute Gasteiger partial charge is 0.398 e. The van der Waals surface area contributed by atoms with Crippen LogP contribution in [0.3, 0.4) is 0 Å². The molecule has 0 spiro atoms. The monoisotopic (exact) mass is 386 g/mol. The second-order valence-corrected chi connectivity index (χ2v) is 7.00. The molecule has 0 aromatic heterocycles. The van der Waals surface area contributed by atoms with Crippen molar-refractivity contribution >= 4 is 55.6 Å². The van der Waals surface area contributed by atoms with Crippen LogP contribution in [0.4, 0.5) is 11.4 Å². The maximum atomic E-state index is 12.2. The molecule has 7 heteroatoms. The molecular formula is C14H12BrClN2O2S. The van der Waals surface area contributed by atoms with E-state index in [1.54, 1.807) is 42.5 Å². The first-order valence-electron chi connectivity index (χ1n) is 5.94. The zero-order valence-corrected chi connectivity index (χ0v) is 14.0. The van der Waals surface area contributed by atoms with E-state index in [0.717, 1.165) is 4.47 Å². The molecule has 0 aliphatic carbocycles. The summed E-state index contributed by atoms with van der Waals surface area (Å²) in [5.74, 6) is -0.531. The average Bonchev–Trinajstić information content (AvgIpc) is 2.38. The summed E-state index contributed by atoms with van der Waals surface area (Å²) >= 11 is 9.11. The van der Waals surface area contributed by atoms with E-state index in [2.05, 4.69) is 21.2 Å². The molecule has 2 aromatic rings. The summed E-state index contributed by atoms with van der Waals surface area (Å²) in [6, 6.07) is 11.8. The maximum absolute atomic E-state index is 12.2. The van der Waals surface area contributed by atoms with Crippen molar-refractivity contribution in [3.8, 4) is 0 Å². The number of anilines is 2. The first kappa shape index (κ1) is 16.0. The van der Waals surface area contributed by atoms with Gasteiger partial charge in [-0.1, -0.05) is 33.6 Å². The summed E-state index contributed by atoms with van der Waals surface area (Å²) < 4.78 is 13.0. The van der Waals surface area contributed by atoms with Crippen LogP contribution < -0.4 is 11.1 Å². The van der Waals surface area contributed by atoms with Gasteiger partial charge in [0.05, 0.1) is 15.7 Å². The minimum Gasteiger partial charge on any atom is -0.398 e. The lowest BCUT2D eigenvalue weighted by Crippen LogP contribution is -2.20. The minimum absolute atomic E-state index is 0.168. The number of carbonyl (C=O) groups is 1. The molecule has 0 saturated carbocycles. The number of rotatable bonds is 4. The van der Waals surface area contributed by atoms with Gasteiger partial charge in [-0.05, 0) is 36.4 Å². The molecule has 4 nitrogen and oxygen atoms in total. The number of hydrogen-bond acceptors (Lipinski definition) is 3. The van der Waals surface area contributed by atoms with E-state index in [-0.39, 0.29) is 11.7 Å². The third-order valence-electron chi connectivity index (χ3n) is 2.59. The highest BCUT2D eigenvalue weighted by atomic mass is 79.9. The second-order valence-electron chi connectivity index (χ2n) is 4.23. The smallest absolute Gasteiger partial charge is 0.237 e. The fraction of sp³-hybridized carbons (Fsp3) is 0.0714. The summed E-state index contributed by atoms with van der Waals surface area (Å²) in [5.41, 5.74) is 6.75. The Morgan fingerprint density at radius 1 is 1.29 bits per heavy atom. The van der Waals surface area contributed by atoms with Crippen LogP contribution >= 0.6 is 27.5 Å². The third kappa shape index (κ3) is 4.56. The van der Waals surface area contributed by atoms with E-state index >= 15 is 0 Å². The highest BCUT2D eigenvalue weighted by Gasteiger charge is 2.13. The van der Waals surface area contributed by atoms with Crippen molar-refractivity contribution in [3.05, 3.63) is 52.0 Å². The lowest BCUT2D eigenvalue weighted by molar-refractivity contribution is -0.113. The van der Waals surface area contributed by atoms with Crippen molar-refractivity contribution in [2.45, 2.75) is 4.90 Å². The van der Waals surface area contributed by atoms with Crippen LogP contribution in [0.1, 0.15) is 0 Å². The Labute approximate surface area is 138 Å². The van der Waals surface area contributed by atoms with Crippen molar-refractivity contribution in [1.29, 1.82) is 0 Å². The number of amides is 1. The van der Waals surface area contributed by atoms with Crippen LogP contribution in [0, 0.1) is 0 Å². The van der Waals surface area contributed by atoms with Gasteiger partial charge in [0, 0.05) is 20.9 Å². The van der Waals surface area contributed by atoms with E-state index in [9.17, 15) is 9.00 Å². The molecular weight excluding hydrogens is 376 g/mol. The molecule has 0 saturated heterocycles. The Morgan fingerprint density at radius 3 is 2.71 bits per heavy atom. The standard InChI is InChI=1S/C14H12BrClN2O2S/c15-9-4-5-13(12(17)6-9)21(20)8-14(19)18-11-3-1-2-10(16)7-11/h1-7H,8,17H2,(H,18,19). The summed E-state index contributed by atoms with van der Waals surface area (Å²) in [5, 5.41) is 3.17. The normalized spacial score (nSPS) is 11.9. The Bertz CT molecular complexity index is 709. The number of nitrogens with one attached hydrogen (secondary N) is 1. The van der Waals surface area contributed by atoms with Crippen LogP contribution in [0.2, 0.25) is 5.02 Å². The molecule has 0 heterocycles. The molecule has 2 aromatic carbocycles. The van der Waals surface area contributed by atoms with Gasteiger partial charge in [0.15, 0.2) is 0 Å². The molecule has 0 bridgehead atoms. The Morgan fingerprint density at radius 2 is 2.05 bits per heavy atom. The highest BCUT2D eigenvalue weighted by Crippen LogP contribution is 2.22. The van der Waals surface area contributed by atoms with Crippen LogP contribution in [0.15, 0.2) is 51.8 Å². The molecule has 0 aliphatic rings. The molecule has 1 unspecified atom stereocenters. The molecule has 3 N–H and O–H groups in total. The third-order valence-corrected chi connectivity index (χ3v) is 4.70. The molecule has 110 valence electrons. The quantitative estimate of drug-likeness (QED) is 0.789. The van der Waals surface area contributed by atoms with Gasteiger partial charge in [0.1, 0.15) is 5.75 Å². The van der Waals surface area contributed by atoms with Crippen molar-refractivity contribution in [3.63, 3.8) is 0 Å². The van der Waals surface area contributed by atoms with E-state index in [4.69, 9.17) is 17.3 Å². The fourth-order valence-corrected chi connectivity index (χ4v) is 3.26. The van der Waals surface area contributed by atoms with Crippen LogP contribution in [-0.2, 0) is 15.6 Å². The predicted octanol–water partition coefficient (Wildman–Crippen LogP) is 3.43. The number of benzene rings is 2. The van der Waals surface area contributed by atoms with Gasteiger partial charge in [-0.25, -0.2) is 0 Å². The van der Waals surface area contributed by atoms with Gasteiger partial charge < -0.3 is 11.1 Å². The van der Waals surface area contributed by atoms with Gasteiger partial charge in [-0.3, -0.25) is 9.00 Å². The van der Waals surface area contributed by atoms with Crippen molar-refractivity contribution in [2.75, 3.05) is 16.8 Å². The molecule has 0 fully saturated rings. The summed E-state index contributed by atoms with van der Waals surface area (Å²) in [6.45, 7) is 0. The van der Waals surface area contributed by atoms with Gasteiger partial charge >= 0.3 is 0 Å². The molecule has 0 aliphatic heterocycles. The molecule has 1 atom stereocenters. The lowest BCUT2D eigenvalue weighted by Gasteiger charge is -2.07. The Balaban J connectivity index is 2.04. The predicted molar refractivity (Wildman–Crippen MR) is 89.9 cm³/mol. The van der Waals surface area contributed by atoms with Crippen LogP contribution in [-0.4, -0.2) is 15.9 Å². The van der Waals surface area contributed by atoms with Gasteiger partial charge in [0.2, 0.25) is 5.91 Å². The SMILES string of the molecule is Nc1cc(Br)ccc1S(=O)CC(=O)Nc1cccc(Cl)c1. The number of hydrogen-bond donors (Lipinski definition) is 2. The molecule has 1 amide bonds. The topological polar surface area (TPSA) is 72.2 Å². The van der Waals surface area contributed by atoms with Crippen molar-refractivity contribution in [1.82, 2.24) is 0 Å². The molecule has 2 rings (SSSR count). The lowest BCUT2D eigenvalue weighted by atomic mass is 10.3. The van der Waals surface area contributed by atoms with E-state index in [1.807, 2.05) is 0 Å². The van der Waals surface area contributed by atoms with Gasteiger partial charge in [-0.15, -0.1) is 0 Å². The maximum Gasteiger partial charge on any atom is 0.237 e. The van der Waals surface area contributed by atoms with E-state index < -0.39 is 10.8 Å². The summed E-state index contributed by atoms with van der Waals surface area (Å²) in [7, 11) is -1.50. The molecule has 21 heavy (non-hydrogen) atoms. The average molecular weight is 388 g/mol. The number of carbonyl (C=O) groups excluding carboxylic acids is 1. The summed E-state index contributed by atoms with van der Waals surface area (Å²) in [6.07, 6.45) is 0. The Hall–Kier alpha value is -1.37. The highest BCUT2D eigenvalue weighted by molar-refractivity contribution is 9.10. The van der Waals surface area contributed by atoms with Crippen molar-refractivity contribution in [2.24, 2.45) is 0 Å². The van der Waals surface area contributed by atoms with Gasteiger partial charge in [-0.2, -0.15) is 0 Å². The minimum atomic E-state index is -1.50. The number of nitrogen functional groups attached to an aromatic ring is 1. The summed E-state index contributed by atoms with van der Waals surface area (Å²) in [4.78, 5) is 12.3.